The summed E-state index contributed by atoms with van der Waals surface area (Å²) in [6.07, 6.45) is 3.92. The molecule has 0 aliphatic carbocycles. The van der Waals surface area contributed by atoms with Gasteiger partial charge in [0, 0.05) is 24.7 Å². The minimum Gasteiger partial charge on any atom is -0.466 e. The van der Waals surface area contributed by atoms with Crippen molar-refractivity contribution in [3.8, 4) is 5.69 Å². The van der Waals surface area contributed by atoms with E-state index in [0.29, 0.717) is 31.3 Å². The van der Waals surface area contributed by atoms with Crippen LogP contribution in [0.2, 0.25) is 0 Å². The number of likely N-dealkylation sites (tertiary alicyclic amines) is 1. The third-order valence-electron chi connectivity index (χ3n) is 5.55. The second-order valence-corrected chi connectivity index (χ2v) is 7.49. The van der Waals surface area contributed by atoms with E-state index in [4.69, 9.17) is 4.74 Å². The van der Waals surface area contributed by atoms with E-state index in [2.05, 4.69) is 27.3 Å². The molecule has 2 aromatic rings. The van der Waals surface area contributed by atoms with Crippen molar-refractivity contribution in [2.75, 3.05) is 32.8 Å². The molecular weight excluding hydrogens is 384 g/mol. The molecule has 3 rings (SSSR count). The Kier molecular flexibility index (Phi) is 7.51. The highest BCUT2D eigenvalue weighted by molar-refractivity contribution is 5.95. The number of rotatable bonds is 9. The van der Waals surface area contributed by atoms with Crippen molar-refractivity contribution in [1.29, 1.82) is 0 Å². The van der Waals surface area contributed by atoms with Crippen LogP contribution in [0, 0.1) is 6.92 Å². The molecule has 1 aliphatic heterocycles. The smallest absolute Gasteiger partial charge is 0.307 e. The van der Waals surface area contributed by atoms with Gasteiger partial charge in [0.05, 0.1) is 18.7 Å². The summed E-state index contributed by atoms with van der Waals surface area (Å²) in [6, 6.07) is 5.80. The number of likely N-dealkylation sites (N-methyl/N-ethyl adjacent to an activating group) is 1. The Bertz CT molecular complexity index is 854. The molecule has 1 saturated heterocycles. The van der Waals surface area contributed by atoms with Gasteiger partial charge in [-0.15, -0.1) is 5.10 Å². The van der Waals surface area contributed by atoms with Gasteiger partial charge in [-0.1, -0.05) is 6.92 Å². The summed E-state index contributed by atoms with van der Waals surface area (Å²) in [4.78, 5) is 29.5. The van der Waals surface area contributed by atoms with Crippen LogP contribution in [0.3, 0.4) is 0 Å². The van der Waals surface area contributed by atoms with Crippen LogP contribution in [0.5, 0.6) is 0 Å². The zero-order valence-electron chi connectivity index (χ0n) is 18.0. The van der Waals surface area contributed by atoms with Crippen LogP contribution in [-0.2, 0) is 9.53 Å². The maximum absolute atomic E-state index is 13.4. The molecule has 1 aromatic heterocycles. The predicted octanol–water partition coefficient (Wildman–Crippen LogP) is 1.85. The zero-order valence-corrected chi connectivity index (χ0v) is 18.0. The van der Waals surface area contributed by atoms with Crippen LogP contribution in [0.1, 0.15) is 49.0 Å². The number of nitrogens with zero attached hydrogens (tertiary/aromatic N) is 6. The number of carbonyl (C=O) groups excluding carboxylic acids is 2. The van der Waals surface area contributed by atoms with Gasteiger partial charge < -0.3 is 9.64 Å². The lowest BCUT2D eigenvalue weighted by atomic mass is 10.1. The molecular formula is C21H30N6O3. The minimum absolute atomic E-state index is 0.0754. The Labute approximate surface area is 177 Å². The molecule has 1 amide bonds. The molecule has 2 heterocycles. The van der Waals surface area contributed by atoms with Crippen LogP contribution in [0.4, 0.5) is 0 Å². The zero-order chi connectivity index (χ0) is 21.5. The largest absolute Gasteiger partial charge is 0.466 e. The molecule has 0 saturated carbocycles. The number of ether oxygens (including phenoxy) is 1. The van der Waals surface area contributed by atoms with Crippen LogP contribution >= 0.6 is 0 Å². The first-order valence-corrected chi connectivity index (χ1v) is 10.6. The molecule has 0 N–H and O–H groups in total. The van der Waals surface area contributed by atoms with Crippen molar-refractivity contribution in [2.45, 2.75) is 46.1 Å². The quantitative estimate of drug-likeness (QED) is 0.578. The van der Waals surface area contributed by atoms with Crippen molar-refractivity contribution >= 4 is 11.9 Å². The van der Waals surface area contributed by atoms with Crippen molar-refractivity contribution in [3.63, 3.8) is 0 Å². The highest BCUT2D eigenvalue weighted by Crippen LogP contribution is 2.20. The monoisotopic (exact) mass is 414 g/mol. The first-order chi connectivity index (χ1) is 14.5. The van der Waals surface area contributed by atoms with E-state index >= 15 is 0 Å². The molecule has 9 heteroatoms. The predicted molar refractivity (Wildman–Crippen MR) is 111 cm³/mol. The number of hydrogen-bond donors (Lipinski definition) is 0. The van der Waals surface area contributed by atoms with Crippen molar-refractivity contribution < 1.29 is 14.3 Å². The molecule has 1 fully saturated rings. The normalized spacial score (nSPS) is 16.6. The standard InChI is InChI=1S/C21H30N6O3/c1-4-25-11-6-7-18(25)14-26(12-10-20(28)30-5-2)21(29)17-8-9-19(16(3)13-17)27-15-22-23-24-27/h8-9,13,15,18H,4-7,10-12,14H2,1-3H3. The van der Waals surface area contributed by atoms with Gasteiger partial charge in [-0.3, -0.25) is 14.5 Å². The maximum Gasteiger partial charge on any atom is 0.307 e. The first-order valence-electron chi connectivity index (χ1n) is 10.6. The van der Waals surface area contributed by atoms with Gasteiger partial charge in [-0.25, -0.2) is 4.68 Å². The maximum atomic E-state index is 13.4. The van der Waals surface area contributed by atoms with E-state index in [0.717, 1.165) is 37.2 Å². The lowest BCUT2D eigenvalue weighted by molar-refractivity contribution is -0.143. The summed E-state index contributed by atoms with van der Waals surface area (Å²) in [7, 11) is 0. The number of esters is 1. The summed E-state index contributed by atoms with van der Waals surface area (Å²) >= 11 is 0. The van der Waals surface area contributed by atoms with Gasteiger partial charge in [0.1, 0.15) is 6.33 Å². The van der Waals surface area contributed by atoms with E-state index in [9.17, 15) is 9.59 Å². The number of hydrogen-bond acceptors (Lipinski definition) is 7. The molecule has 0 spiro atoms. The lowest BCUT2D eigenvalue weighted by Crippen LogP contribution is -2.44. The third-order valence-corrected chi connectivity index (χ3v) is 5.55. The molecule has 0 bridgehead atoms. The molecule has 1 unspecified atom stereocenters. The van der Waals surface area contributed by atoms with Gasteiger partial charge in [0.15, 0.2) is 0 Å². The third kappa shape index (κ3) is 5.21. The number of carbonyl (C=O) groups is 2. The van der Waals surface area contributed by atoms with E-state index in [1.165, 1.54) is 6.33 Å². The molecule has 162 valence electrons. The fraction of sp³-hybridized carbons (Fsp3) is 0.571. The molecule has 9 nitrogen and oxygen atoms in total. The average Bonchev–Trinajstić information content (AvgIpc) is 3.42. The molecule has 0 radical (unpaired) electrons. The van der Waals surface area contributed by atoms with E-state index in [1.54, 1.807) is 22.6 Å². The number of aryl methyl sites for hydroxylation is 1. The summed E-state index contributed by atoms with van der Waals surface area (Å²) in [5.74, 6) is -0.354. The molecule has 1 atom stereocenters. The lowest BCUT2D eigenvalue weighted by Gasteiger charge is -2.30. The Morgan fingerprint density at radius 2 is 2.13 bits per heavy atom. The molecule has 30 heavy (non-hydrogen) atoms. The Balaban J connectivity index is 1.78. The van der Waals surface area contributed by atoms with Crippen molar-refractivity contribution in [2.24, 2.45) is 0 Å². The highest BCUT2D eigenvalue weighted by Gasteiger charge is 2.28. The number of benzene rings is 1. The topological polar surface area (TPSA) is 93.5 Å². The van der Waals surface area contributed by atoms with Crippen LogP contribution in [0.15, 0.2) is 24.5 Å². The second kappa shape index (κ2) is 10.3. The van der Waals surface area contributed by atoms with E-state index in [1.807, 2.05) is 19.1 Å². The van der Waals surface area contributed by atoms with Crippen molar-refractivity contribution in [1.82, 2.24) is 30.0 Å². The highest BCUT2D eigenvalue weighted by atomic mass is 16.5. The Morgan fingerprint density at radius 3 is 2.80 bits per heavy atom. The summed E-state index contributed by atoms with van der Waals surface area (Å²) < 4.78 is 6.63. The summed E-state index contributed by atoms with van der Waals surface area (Å²) in [5.41, 5.74) is 2.31. The fourth-order valence-corrected chi connectivity index (χ4v) is 4.01. The summed E-state index contributed by atoms with van der Waals surface area (Å²) in [5, 5.41) is 11.2. The van der Waals surface area contributed by atoms with Gasteiger partial charge in [-0.05, 0) is 74.0 Å². The fourth-order valence-electron chi connectivity index (χ4n) is 4.01. The number of tetrazole rings is 1. The number of aromatic nitrogens is 4. The average molecular weight is 415 g/mol. The van der Waals surface area contributed by atoms with Gasteiger partial charge in [-0.2, -0.15) is 0 Å². The molecule has 1 aromatic carbocycles. The number of amides is 1. The van der Waals surface area contributed by atoms with Crippen LogP contribution in [-0.4, -0.2) is 80.7 Å². The van der Waals surface area contributed by atoms with E-state index < -0.39 is 0 Å². The second-order valence-electron chi connectivity index (χ2n) is 7.49. The summed E-state index contributed by atoms with van der Waals surface area (Å²) in [6.45, 7) is 9.17. The van der Waals surface area contributed by atoms with Gasteiger partial charge in [0.25, 0.3) is 5.91 Å². The van der Waals surface area contributed by atoms with Crippen LogP contribution in [0.25, 0.3) is 5.69 Å². The Hall–Kier alpha value is -2.81. The van der Waals surface area contributed by atoms with Crippen LogP contribution < -0.4 is 0 Å². The SMILES string of the molecule is CCOC(=O)CCN(CC1CCCN1CC)C(=O)c1ccc(-n2cnnn2)c(C)c1. The molecule has 1 aliphatic rings. The van der Waals surface area contributed by atoms with Gasteiger partial charge in [0.2, 0.25) is 0 Å². The first kappa shape index (κ1) is 21.9. The minimum atomic E-state index is -0.278. The Morgan fingerprint density at radius 1 is 1.30 bits per heavy atom. The van der Waals surface area contributed by atoms with E-state index in [-0.39, 0.29) is 18.3 Å². The van der Waals surface area contributed by atoms with Gasteiger partial charge >= 0.3 is 5.97 Å². The van der Waals surface area contributed by atoms with Crippen molar-refractivity contribution in [3.05, 3.63) is 35.7 Å².